The first-order chi connectivity index (χ1) is 9.97. The highest BCUT2D eigenvalue weighted by Gasteiger charge is 2.11. The number of hydrogen-bond donors (Lipinski definition) is 2. The van der Waals surface area contributed by atoms with Gasteiger partial charge in [0, 0.05) is 5.56 Å². The zero-order valence-corrected chi connectivity index (χ0v) is 11.7. The van der Waals surface area contributed by atoms with E-state index in [1.54, 1.807) is 0 Å². The van der Waals surface area contributed by atoms with Crippen LogP contribution in [0.5, 0.6) is 0 Å². The Labute approximate surface area is 122 Å². The van der Waals surface area contributed by atoms with Crippen LogP contribution in [0, 0.1) is 0 Å². The van der Waals surface area contributed by atoms with E-state index in [0.29, 0.717) is 0 Å². The molecule has 0 fully saturated rings. The number of benzene rings is 2. The van der Waals surface area contributed by atoms with Gasteiger partial charge >= 0.3 is 0 Å². The SMILES string of the molecule is NS(=O)(=O)c1cccc(C(=O)NN=Cc2ccccc2)c1. The van der Waals surface area contributed by atoms with E-state index >= 15 is 0 Å². The number of carbonyl (C=O) groups is 1. The van der Waals surface area contributed by atoms with Crippen molar-refractivity contribution in [2.24, 2.45) is 10.2 Å². The van der Waals surface area contributed by atoms with Crippen molar-refractivity contribution in [1.29, 1.82) is 0 Å². The smallest absolute Gasteiger partial charge is 0.267 e. The predicted molar refractivity (Wildman–Crippen MR) is 79.3 cm³/mol. The van der Waals surface area contributed by atoms with Crippen molar-refractivity contribution in [3.63, 3.8) is 0 Å². The number of primary sulfonamides is 1. The molecule has 21 heavy (non-hydrogen) atoms. The van der Waals surface area contributed by atoms with Gasteiger partial charge in [-0.3, -0.25) is 4.79 Å². The second-order valence-corrected chi connectivity index (χ2v) is 5.74. The quantitative estimate of drug-likeness (QED) is 0.653. The summed E-state index contributed by atoms with van der Waals surface area (Å²) in [6, 6.07) is 14.7. The van der Waals surface area contributed by atoms with Crippen LogP contribution in [0.4, 0.5) is 0 Å². The molecule has 6 nitrogen and oxygen atoms in total. The zero-order chi connectivity index (χ0) is 15.3. The van der Waals surface area contributed by atoms with Crippen LogP contribution in [0.1, 0.15) is 15.9 Å². The molecule has 0 aliphatic heterocycles. The molecule has 2 aromatic rings. The molecule has 0 aromatic heterocycles. The maximum Gasteiger partial charge on any atom is 0.271 e. The van der Waals surface area contributed by atoms with Gasteiger partial charge in [0.25, 0.3) is 5.91 Å². The van der Waals surface area contributed by atoms with E-state index in [9.17, 15) is 13.2 Å². The predicted octanol–water partition coefficient (Wildman–Crippen LogP) is 1.10. The lowest BCUT2D eigenvalue weighted by molar-refractivity contribution is 0.0955. The van der Waals surface area contributed by atoms with E-state index in [0.717, 1.165) is 5.56 Å². The first kappa shape index (κ1) is 14.9. The van der Waals surface area contributed by atoms with Crippen molar-refractivity contribution >= 4 is 22.1 Å². The minimum atomic E-state index is -3.84. The lowest BCUT2D eigenvalue weighted by atomic mass is 10.2. The average molecular weight is 303 g/mol. The Hall–Kier alpha value is -2.51. The van der Waals surface area contributed by atoms with E-state index in [1.165, 1.54) is 30.5 Å². The average Bonchev–Trinajstić information content (AvgIpc) is 2.47. The molecular weight excluding hydrogens is 290 g/mol. The van der Waals surface area contributed by atoms with Gasteiger partial charge in [0.1, 0.15) is 0 Å². The Bertz CT molecular complexity index is 771. The van der Waals surface area contributed by atoms with Gasteiger partial charge in [0.15, 0.2) is 0 Å². The summed E-state index contributed by atoms with van der Waals surface area (Å²) in [5.41, 5.74) is 3.31. The second kappa shape index (κ2) is 6.29. The molecule has 0 atom stereocenters. The lowest BCUT2D eigenvalue weighted by Gasteiger charge is -2.02. The molecule has 0 aliphatic rings. The number of amides is 1. The van der Waals surface area contributed by atoms with Gasteiger partial charge < -0.3 is 0 Å². The molecule has 7 heteroatoms. The second-order valence-electron chi connectivity index (χ2n) is 4.18. The molecule has 0 bridgehead atoms. The van der Waals surface area contributed by atoms with Gasteiger partial charge in [-0.05, 0) is 23.8 Å². The van der Waals surface area contributed by atoms with Gasteiger partial charge in [0.05, 0.1) is 11.1 Å². The van der Waals surface area contributed by atoms with Crippen LogP contribution in [-0.2, 0) is 10.0 Å². The highest BCUT2D eigenvalue weighted by Crippen LogP contribution is 2.09. The Morgan fingerprint density at radius 2 is 1.81 bits per heavy atom. The Morgan fingerprint density at radius 1 is 1.10 bits per heavy atom. The first-order valence-electron chi connectivity index (χ1n) is 5.98. The zero-order valence-electron chi connectivity index (χ0n) is 10.9. The Balaban J connectivity index is 2.09. The van der Waals surface area contributed by atoms with Gasteiger partial charge in [0.2, 0.25) is 10.0 Å². The fourth-order valence-electron chi connectivity index (χ4n) is 1.58. The summed E-state index contributed by atoms with van der Waals surface area (Å²) >= 11 is 0. The van der Waals surface area contributed by atoms with E-state index in [-0.39, 0.29) is 10.5 Å². The number of carbonyl (C=O) groups excluding carboxylic acids is 1. The number of rotatable bonds is 4. The van der Waals surface area contributed by atoms with Crippen molar-refractivity contribution in [2.45, 2.75) is 4.90 Å². The third-order valence-electron chi connectivity index (χ3n) is 2.60. The maximum absolute atomic E-state index is 11.9. The number of sulfonamides is 1. The largest absolute Gasteiger partial charge is 0.271 e. The Kier molecular flexibility index (Phi) is 4.46. The van der Waals surface area contributed by atoms with Crippen molar-refractivity contribution < 1.29 is 13.2 Å². The maximum atomic E-state index is 11.9. The number of hydrazone groups is 1. The highest BCUT2D eigenvalue weighted by atomic mass is 32.2. The van der Waals surface area contributed by atoms with Crippen molar-refractivity contribution in [1.82, 2.24) is 5.43 Å². The van der Waals surface area contributed by atoms with Gasteiger partial charge in [-0.1, -0.05) is 36.4 Å². The van der Waals surface area contributed by atoms with Crippen LogP contribution in [-0.4, -0.2) is 20.5 Å². The summed E-state index contributed by atoms with van der Waals surface area (Å²) in [5.74, 6) is -0.521. The first-order valence-corrected chi connectivity index (χ1v) is 7.53. The summed E-state index contributed by atoms with van der Waals surface area (Å²) in [7, 11) is -3.84. The van der Waals surface area contributed by atoms with Crippen LogP contribution in [0.2, 0.25) is 0 Å². The lowest BCUT2D eigenvalue weighted by Crippen LogP contribution is -2.19. The van der Waals surface area contributed by atoms with Crippen LogP contribution in [0.15, 0.2) is 64.6 Å². The topological polar surface area (TPSA) is 102 Å². The molecule has 0 heterocycles. The molecule has 0 saturated heterocycles. The normalized spacial score (nSPS) is 11.5. The summed E-state index contributed by atoms with van der Waals surface area (Å²) in [6.45, 7) is 0. The molecule has 2 aromatic carbocycles. The molecule has 0 spiro atoms. The molecule has 3 N–H and O–H groups in total. The van der Waals surface area contributed by atoms with E-state index < -0.39 is 15.9 Å². The van der Waals surface area contributed by atoms with Gasteiger partial charge in [-0.2, -0.15) is 5.10 Å². The molecule has 0 unspecified atom stereocenters. The summed E-state index contributed by atoms with van der Waals surface area (Å²) in [4.78, 5) is 11.7. The van der Waals surface area contributed by atoms with Crippen molar-refractivity contribution in [3.05, 3.63) is 65.7 Å². The fourth-order valence-corrected chi connectivity index (χ4v) is 2.14. The number of nitrogens with zero attached hydrogens (tertiary/aromatic N) is 1. The fraction of sp³-hybridized carbons (Fsp3) is 0. The van der Waals surface area contributed by atoms with E-state index in [2.05, 4.69) is 10.5 Å². The van der Waals surface area contributed by atoms with Crippen LogP contribution >= 0.6 is 0 Å². The molecule has 2 rings (SSSR count). The number of nitrogens with one attached hydrogen (secondary N) is 1. The standard InChI is InChI=1S/C14H13N3O3S/c15-21(19,20)13-8-4-7-12(9-13)14(18)17-16-10-11-5-2-1-3-6-11/h1-10H,(H,17,18)(H2,15,19,20). The van der Waals surface area contributed by atoms with Crippen LogP contribution in [0.3, 0.4) is 0 Å². The summed E-state index contributed by atoms with van der Waals surface area (Å²) in [5, 5.41) is 8.82. The third-order valence-corrected chi connectivity index (χ3v) is 3.52. The molecule has 1 amide bonds. The van der Waals surface area contributed by atoms with Gasteiger partial charge in [-0.15, -0.1) is 0 Å². The number of hydrogen-bond acceptors (Lipinski definition) is 4. The molecule has 0 aliphatic carbocycles. The van der Waals surface area contributed by atoms with Crippen LogP contribution in [0.25, 0.3) is 0 Å². The number of nitrogens with two attached hydrogens (primary N) is 1. The van der Waals surface area contributed by atoms with E-state index in [4.69, 9.17) is 5.14 Å². The molecule has 0 saturated carbocycles. The molecule has 0 radical (unpaired) electrons. The van der Waals surface area contributed by atoms with Crippen molar-refractivity contribution in [2.75, 3.05) is 0 Å². The van der Waals surface area contributed by atoms with Crippen molar-refractivity contribution in [3.8, 4) is 0 Å². The molecular formula is C14H13N3O3S. The third kappa shape index (κ3) is 4.23. The van der Waals surface area contributed by atoms with E-state index in [1.807, 2.05) is 30.3 Å². The highest BCUT2D eigenvalue weighted by molar-refractivity contribution is 7.89. The summed E-state index contributed by atoms with van der Waals surface area (Å²) < 4.78 is 22.4. The molecule has 108 valence electrons. The summed E-state index contributed by atoms with van der Waals surface area (Å²) in [6.07, 6.45) is 1.49. The monoisotopic (exact) mass is 303 g/mol. The Morgan fingerprint density at radius 3 is 2.48 bits per heavy atom. The minimum absolute atomic E-state index is 0.123. The van der Waals surface area contributed by atoms with Crippen LogP contribution < -0.4 is 10.6 Å². The minimum Gasteiger partial charge on any atom is -0.267 e. The van der Waals surface area contributed by atoms with Gasteiger partial charge in [-0.25, -0.2) is 19.0 Å².